The Morgan fingerprint density at radius 3 is 2.68 bits per heavy atom. The van der Waals surface area contributed by atoms with Gasteiger partial charge in [0.2, 0.25) is 5.91 Å². The molecule has 0 aliphatic rings. The van der Waals surface area contributed by atoms with Gasteiger partial charge in [-0.15, -0.1) is 0 Å². The fourth-order valence-electron chi connectivity index (χ4n) is 1.65. The summed E-state index contributed by atoms with van der Waals surface area (Å²) in [6, 6.07) is 9.46. The third-order valence-corrected chi connectivity index (χ3v) is 2.66. The van der Waals surface area contributed by atoms with E-state index in [1.165, 1.54) is 0 Å². The van der Waals surface area contributed by atoms with Crippen LogP contribution >= 0.6 is 0 Å². The summed E-state index contributed by atoms with van der Waals surface area (Å²) in [4.78, 5) is 15.8. The van der Waals surface area contributed by atoms with Crippen LogP contribution in [0.1, 0.15) is 5.56 Å². The molecule has 0 spiro atoms. The Hall–Kier alpha value is -2.40. The third kappa shape index (κ3) is 3.79. The van der Waals surface area contributed by atoms with Gasteiger partial charge in [-0.25, -0.2) is 0 Å². The molecule has 1 aromatic heterocycles. The first-order valence-electron chi connectivity index (χ1n) is 5.89. The van der Waals surface area contributed by atoms with Gasteiger partial charge in [-0.2, -0.15) is 0 Å². The number of hydrogen-bond acceptors (Lipinski definition) is 4. The van der Waals surface area contributed by atoms with Gasteiger partial charge in [0.1, 0.15) is 5.75 Å². The quantitative estimate of drug-likeness (QED) is 0.770. The molecule has 0 fully saturated rings. The van der Waals surface area contributed by atoms with Crippen molar-refractivity contribution < 1.29 is 9.90 Å². The molecule has 0 aliphatic carbocycles. The highest BCUT2D eigenvalue weighted by Gasteiger charge is 2.14. The number of nitrogens with two attached hydrogens (primary N) is 1. The smallest absolute Gasteiger partial charge is 0.241 e. The maximum absolute atomic E-state index is 11.9. The number of phenolic OH excluding ortho intramolecular Hbond substituents is 1. The molecule has 5 nitrogen and oxygen atoms in total. The lowest BCUT2D eigenvalue weighted by Gasteiger charge is -2.12. The summed E-state index contributed by atoms with van der Waals surface area (Å²) < 4.78 is 0. The number of nitrogens with one attached hydrogen (secondary N) is 1. The highest BCUT2D eigenvalue weighted by Crippen LogP contribution is 2.11. The molecule has 0 radical (unpaired) electrons. The topological polar surface area (TPSA) is 88.2 Å². The van der Waals surface area contributed by atoms with Gasteiger partial charge in [0, 0.05) is 6.20 Å². The average molecular weight is 257 g/mol. The molecule has 0 saturated heterocycles. The van der Waals surface area contributed by atoms with Gasteiger partial charge in [-0.3, -0.25) is 9.78 Å². The maximum Gasteiger partial charge on any atom is 0.241 e. The van der Waals surface area contributed by atoms with Crippen LogP contribution < -0.4 is 11.1 Å². The molecule has 0 unspecified atom stereocenters. The molecule has 19 heavy (non-hydrogen) atoms. The largest absolute Gasteiger partial charge is 0.508 e. The molecule has 98 valence electrons. The number of benzene rings is 1. The van der Waals surface area contributed by atoms with Crippen molar-refractivity contribution in [1.82, 2.24) is 4.98 Å². The minimum absolute atomic E-state index is 0.192. The SMILES string of the molecule is N[C@H](Cc1ccc(O)cc1)C(=O)Nc1cccnc1. The zero-order valence-electron chi connectivity index (χ0n) is 10.3. The number of phenols is 1. The van der Waals surface area contributed by atoms with E-state index < -0.39 is 6.04 Å². The number of anilines is 1. The molecule has 0 bridgehead atoms. The van der Waals surface area contributed by atoms with Crippen LogP contribution in [0.2, 0.25) is 0 Å². The van der Waals surface area contributed by atoms with E-state index in [-0.39, 0.29) is 11.7 Å². The number of rotatable bonds is 4. The summed E-state index contributed by atoms with van der Waals surface area (Å²) in [5.41, 5.74) is 7.35. The highest BCUT2D eigenvalue weighted by molar-refractivity contribution is 5.94. The second kappa shape index (κ2) is 5.97. The van der Waals surface area contributed by atoms with Crippen molar-refractivity contribution in [2.24, 2.45) is 5.73 Å². The Labute approximate surface area is 111 Å². The monoisotopic (exact) mass is 257 g/mol. The van der Waals surface area contributed by atoms with Crippen molar-refractivity contribution in [3.05, 3.63) is 54.4 Å². The van der Waals surface area contributed by atoms with E-state index >= 15 is 0 Å². The molecular weight excluding hydrogens is 242 g/mol. The van der Waals surface area contributed by atoms with E-state index in [1.54, 1.807) is 48.8 Å². The molecule has 2 aromatic rings. The van der Waals surface area contributed by atoms with Gasteiger partial charge in [-0.05, 0) is 36.2 Å². The summed E-state index contributed by atoms with van der Waals surface area (Å²) in [6.07, 6.45) is 3.60. The van der Waals surface area contributed by atoms with Crippen molar-refractivity contribution in [1.29, 1.82) is 0 Å². The molecule has 2 rings (SSSR count). The molecule has 0 saturated carbocycles. The van der Waals surface area contributed by atoms with Crippen LogP contribution in [0.5, 0.6) is 5.75 Å². The van der Waals surface area contributed by atoms with Gasteiger partial charge >= 0.3 is 0 Å². The van der Waals surface area contributed by atoms with Gasteiger partial charge < -0.3 is 16.2 Å². The Kier molecular flexibility index (Phi) is 4.10. The molecule has 1 amide bonds. The predicted molar refractivity (Wildman–Crippen MR) is 72.7 cm³/mol. The van der Waals surface area contributed by atoms with Crippen molar-refractivity contribution in [2.75, 3.05) is 5.32 Å². The first-order valence-corrected chi connectivity index (χ1v) is 5.89. The van der Waals surface area contributed by atoms with Crippen LogP contribution in [0.3, 0.4) is 0 Å². The zero-order chi connectivity index (χ0) is 13.7. The van der Waals surface area contributed by atoms with Crippen LogP contribution in [0.15, 0.2) is 48.8 Å². The number of hydrogen-bond donors (Lipinski definition) is 3. The van der Waals surface area contributed by atoms with E-state index in [1.807, 2.05) is 0 Å². The van der Waals surface area contributed by atoms with Crippen LogP contribution in [0, 0.1) is 0 Å². The molecular formula is C14H15N3O2. The fraction of sp³-hybridized carbons (Fsp3) is 0.143. The number of aromatic hydroxyl groups is 1. The van der Waals surface area contributed by atoms with Crippen molar-refractivity contribution in [3.63, 3.8) is 0 Å². The lowest BCUT2D eigenvalue weighted by atomic mass is 10.1. The van der Waals surface area contributed by atoms with Gasteiger partial charge in [-0.1, -0.05) is 12.1 Å². The first kappa shape index (κ1) is 13.0. The minimum Gasteiger partial charge on any atom is -0.508 e. The molecule has 4 N–H and O–H groups in total. The summed E-state index contributed by atoms with van der Waals surface area (Å²) in [5, 5.41) is 11.9. The fourth-order valence-corrected chi connectivity index (χ4v) is 1.65. The zero-order valence-corrected chi connectivity index (χ0v) is 10.3. The molecule has 1 atom stereocenters. The summed E-state index contributed by atoms with van der Waals surface area (Å²) in [7, 11) is 0. The highest BCUT2D eigenvalue weighted by atomic mass is 16.3. The summed E-state index contributed by atoms with van der Waals surface area (Å²) in [6.45, 7) is 0. The number of nitrogens with zero attached hydrogens (tertiary/aromatic N) is 1. The Bertz CT molecular complexity index is 540. The standard InChI is InChI=1S/C14H15N3O2/c15-13(8-10-3-5-12(18)6-4-10)14(19)17-11-2-1-7-16-9-11/h1-7,9,13,18H,8,15H2,(H,17,19)/t13-/m1/s1. The number of amides is 1. The second-order valence-corrected chi connectivity index (χ2v) is 4.21. The first-order chi connectivity index (χ1) is 9.15. The van der Waals surface area contributed by atoms with E-state index in [9.17, 15) is 9.90 Å². The van der Waals surface area contributed by atoms with Crippen LogP contribution in [-0.2, 0) is 11.2 Å². The third-order valence-electron chi connectivity index (χ3n) is 2.66. The Balaban J connectivity index is 1.94. The maximum atomic E-state index is 11.9. The van der Waals surface area contributed by atoms with Crippen LogP contribution in [-0.4, -0.2) is 22.0 Å². The minimum atomic E-state index is -0.648. The summed E-state index contributed by atoms with van der Waals surface area (Å²) >= 11 is 0. The number of pyridine rings is 1. The van der Waals surface area contributed by atoms with E-state index in [2.05, 4.69) is 10.3 Å². The van der Waals surface area contributed by atoms with Gasteiger partial charge in [0.05, 0.1) is 17.9 Å². The molecule has 1 heterocycles. The predicted octanol–water partition coefficient (Wildman–Crippen LogP) is 1.30. The molecule has 5 heteroatoms. The number of aromatic nitrogens is 1. The van der Waals surface area contributed by atoms with Crippen molar-refractivity contribution in [2.45, 2.75) is 12.5 Å². The van der Waals surface area contributed by atoms with Gasteiger partial charge in [0.15, 0.2) is 0 Å². The lowest BCUT2D eigenvalue weighted by Crippen LogP contribution is -2.37. The Morgan fingerprint density at radius 2 is 2.05 bits per heavy atom. The van der Waals surface area contributed by atoms with E-state index in [4.69, 9.17) is 5.73 Å². The lowest BCUT2D eigenvalue weighted by molar-refractivity contribution is -0.117. The van der Waals surface area contributed by atoms with Crippen LogP contribution in [0.4, 0.5) is 5.69 Å². The second-order valence-electron chi connectivity index (χ2n) is 4.21. The summed E-state index contributed by atoms with van der Waals surface area (Å²) in [5.74, 6) is -0.0711. The normalized spacial score (nSPS) is 11.8. The number of carbonyl (C=O) groups excluding carboxylic acids is 1. The van der Waals surface area contributed by atoms with E-state index in [0.717, 1.165) is 5.56 Å². The van der Waals surface area contributed by atoms with E-state index in [0.29, 0.717) is 12.1 Å². The van der Waals surface area contributed by atoms with Gasteiger partial charge in [0.25, 0.3) is 0 Å². The molecule has 1 aromatic carbocycles. The Morgan fingerprint density at radius 1 is 1.32 bits per heavy atom. The van der Waals surface area contributed by atoms with Crippen molar-refractivity contribution in [3.8, 4) is 5.75 Å². The van der Waals surface area contributed by atoms with Crippen molar-refractivity contribution >= 4 is 11.6 Å². The van der Waals surface area contributed by atoms with Crippen LogP contribution in [0.25, 0.3) is 0 Å². The molecule has 0 aliphatic heterocycles. The number of carbonyl (C=O) groups is 1. The average Bonchev–Trinajstić information content (AvgIpc) is 2.42.